The second-order valence-corrected chi connectivity index (χ2v) is 12.8. The Balaban J connectivity index is 1.17. The van der Waals surface area contributed by atoms with Gasteiger partial charge in [-0.3, -0.25) is 19.4 Å². The molecule has 0 fully saturated rings. The zero-order chi connectivity index (χ0) is 34.0. The number of hydrogen-bond acceptors (Lipinski definition) is 8. The van der Waals surface area contributed by atoms with Crippen molar-refractivity contribution in [3.63, 3.8) is 0 Å². The van der Waals surface area contributed by atoms with Crippen LogP contribution in [0.2, 0.25) is 0 Å². The lowest BCUT2D eigenvalue weighted by Crippen LogP contribution is -2.30. The number of ether oxygens (including phenoxy) is 1. The molecule has 4 aromatic carbocycles. The van der Waals surface area contributed by atoms with E-state index < -0.39 is 17.1 Å². The second-order valence-electron chi connectivity index (χ2n) is 10.6. The molecule has 0 saturated heterocycles. The first-order valence-corrected chi connectivity index (χ1v) is 17.1. The molecule has 0 aliphatic rings. The van der Waals surface area contributed by atoms with Crippen molar-refractivity contribution < 1.29 is 19.1 Å². The van der Waals surface area contributed by atoms with Crippen LogP contribution in [0.15, 0.2) is 138 Å². The summed E-state index contributed by atoms with van der Waals surface area (Å²) in [5, 5.41) is 8.53. The SMILES string of the molecule is CCOc1ccc2nc(NC(=O)C(Sc3ccc(NC(=O)/C(=C/c4cccnc4)NC(=O)c4ccccc4)cc3)c3ccccc3)sc2c1. The largest absolute Gasteiger partial charge is 0.494 e. The smallest absolute Gasteiger partial charge is 0.272 e. The molecule has 6 rings (SSSR count). The Kier molecular flexibility index (Phi) is 10.7. The molecule has 3 amide bonds. The molecule has 0 saturated carbocycles. The van der Waals surface area contributed by atoms with E-state index >= 15 is 0 Å². The van der Waals surface area contributed by atoms with Gasteiger partial charge in [-0.15, -0.1) is 11.8 Å². The summed E-state index contributed by atoms with van der Waals surface area (Å²) in [4.78, 5) is 49.6. The van der Waals surface area contributed by atoms with Crippen molar-refractivity contribution in [1.82, 2.24) is 15.3 Å². The first-order chi connectivity index (χ1) is 23.9. The highest BCUT2D eigenvalue weighted by atomic mass is 32.2. The van der Waals surface area contributed by atoms with E-state index in [0.717, 1.165) is 26.4 Å². The Bertz CT molecular complexity index is 2090. The van der Waals surface area contributed by atoms with Crippen LogP contribution < -0.4 is 20.7 Å². The fourth-order valence-corrected chi connectivity index (χ4v) is 6.73. The number of benzene rings is 4. The standard InChI is InChI=1S/C38H31N5O4S2/c1-2-47-29-17-20-31-33(23-29)49-38(42-31)43-37(46)34(26-11-5-3-6-12-26)48-30-18-15-28(16-19-30)40-36(45)32(22-25-10-9-21-39-24-25)41-35(44)27-13-7-4-8-14-27/h3-24,34H,2H2,1H3,(H,40,45)(H,41,44)(H,42,43,46)/b32-22-. The average molecular weight is 686 g/mol. The maximum Gasteiger partial charge on any atom is 0.272 e. The zero-order valence-corrected chi connectivity index (χ0v) is 28.0. The van der Waals surface area contributed by atoms with Gasteiger partial charge in [-0.1, -0.05) is 65.9 Å². The van der Waals surface area contributed by atoms with Crippen LogP contribution >= 0.6 is 23.1 Å². The summed E-state index contributed by atoms with van der Waals surface area (Å²) in [6.45, 7) is 2.50. The van der Waals surface area contributed by atoms with Crippen LogP contribution in [-0.4, -0.2) is 34.3 Å². The van der Waals surface area contributed by atoms with Crippen LogP contribution in [-0.2, 0) is 9.59 Å². The molecule has 2 heterocycles. The quantitative estimate of drug-likeness (QED) is 0.0882. The van der Waals surface area contributed by atoms with Gasteiger partial charge in [0.2, 0.25) is 5.91 Å². The molecule has 0 radical (unpaired) electrons. The number of pyridine rings is 1. The minimum atomic E-state index is -0.574. The molecule has 6 aromatic rings. The van der Waals surface area contributed by atoms with E-state index in [1.54, 1.807) is 67.0 Å². The molecule has 0 spiro atoms. The molecule has 0 aliphatic heterocycles. The Labute approximate surface area is 291 Å². The van der Waals surface area contributed by atoms with Crippen molar-refractivity contribution in [3.05, 3.63) is 150 Å². The van der Waals surface area contributed by atoms with E-state index in [4.69, 9.17) is 4.74 Å². The summed E-state index contributed by atoms with van der Waals surface area (Å²) in [6.07, 6.45) is 4.80. The maximum absolute atomic E-state index is 13.7. The molecular weight excluding hydrogens is 655 g/mol. The third-order valence-electron chi connectivity index (χ3n) is 7.13. The number of carbonyl (C=O) groups excluding carboxylic acids is 3. The van der Waals surface area contributed by atoms with Crippen molar-refractivity contribution in [2.45, 2.75) is 17.1 Å². The third-order valence-corrected chi connectivity index (χ3v) is 9.33. The number of thiazole rings is 1. The zero-order valence-electron chi connectivity index (χ0n) is 26.3. The highest BCUT2D eigenvalue weighted by Crippen LogP contribution is 2.38. The molecule has 11 heteroatoms. The van der Waals surface area contributed by atoms with E-state index in [9.17, 15) is 14.4 Å². The number of nitrogens with one attached hydrogen (secondary N) is 3. The van der Waals surface area contributed by atoms with Gasteiger partial charge in [0.25, 0.3) is 11.8 Å². The predicted molar refractivity (Wildman–Crippen MR) is 196 cm³/mol. The van der Waals surface area contributed by atoms with Gasteiger partial charge in [-0.05, 0) is 84.8 Å². The van der Waals surface area contributed by atoms with Gasteiger partial charge in [-0.25, -0.2) is 4.98 Å². The van der Waals surface area contributed by atoms with Crippen LogP contribution in [0.4, 0.5) is 10.8 Å². The summed E-state index contributed by atoms with van der Waals surface area (Å²) in [5.41, 5.74) is 3.26. The van der Waals surface area contributed by atoms with E-state index in [-0.39, 0.29) is 11.6 Å². The molecule has 9 nitrogen and oxygen atoms in total. The van der Waals surface area contributed by atoms with Gasteiger partial charge in [0, 0.05) is 28.5 Å². The Hall–Kier alpha value is -5.78. The van der Waals surface area contributed by atoms with Gasteiger partial charge in [-0.2, -0.15) is 0 Å². The minimum Gasteiger partial charge on any atom is -0.494 e. The molecule has 0 bridgehead atoms. The van der Waals surface area contributed by atoms with Gasteiger partial charge in [0.05, 0.1) is 16.8 Å². The fourth-order valence-electron chi connectivity index (χ4n) is 4.81. The summed E-state index contributed by atoms with van der Waals surface area (Å²) in [6, 6.07) is 34.6. The number of amides is 3. The maximum atomic E-state index is 13.7. The van der Waals surface area contributed by atoms with E-state index in [2.05, 4.69) is 25.9 Å². The van der Waals surface area contributed by atoms with Crippen LogP contribution in [0.1, 0.15) is 33.7 Å². The first-order valence-electron chi connectivity index (χ1n) is 15.4. The number of nitrogens with zero attached hydrogens (tertiary/aromatic N) is 2. The van der Waals surface area contributed by atoms with E-state index in [0.29, 0.717) is 28.6 Å². The number of anilines is 2. The average Bonchev–Trinajstić information content (AvgIpc) is 3.53. The second kappa shape index (κ2) is 15.9. The van der Waals surface area contributed by atoms with Crippen molar-refractivity contribution in [1.29, 1.82) is 0 Å². The summed E-state index contributed by atoms with van der Waals surface area (Å²) in [5.74, 6) is -0.369. The number of aromatic nitrogens is 2. The minimum absolute atomic E-state index is 0.0603. The lowest BCUT2D eigenvalue weighted by molar-refractivity contribution is -0.116. The third kappa shape index (κ3) is 8.78. The van der Waals surface area contributed by atoms with Crippen LogP contribution in [0, 0.1) is 0 Å². The number of fused-ring (bicyclic) bond motifs is 1. The number of rotatable bonds is 12. The van der Waals surface area contributed by atoms with Crippen molar-refractivity contribution in [2.24, 2.45) is 0 Å². The molecule has 0 aliphatic carbocycles. The Morgan fingerprint density at radius 1 is 0.878 bits per heavy atom. The molecule has 3 N–H and O–H groups in total. The molecule has 49 heavy (non-hydrogen) atoms. The topological polar surface area (TPSA) is 122 Å². The molecular formula is C38H31N5O4S2. The highest BCUT2D eigenvalue weighted by Gasteiger charge is 2.24. The Morgan fingerprint density at radius 3 is 2.35 bits per heavy atom. The Morgan fingerprint density at radius 2 is 1.63 bits per heavy atom. The predicted octanol–water partition coefficient (Wildman–Crippen LogP) is 7.97. The summed E-state index contributed by atoms with van der Waals surface area (Å²) >= 11 is 2.77. The fraction of sp³-hybridized carbons (Fsp3) is 0.0789. The molecule has 2 aromatic heterocycles. The van der Waals surface area contributed by atoms with Gasteiger partial charge in [0.1, 0.15) is 16.7 Å². The number of thioether (sulfide) groups is 1. The van der Waals surface area contributed by atoms with E-state index in [1.165, 1.54) is 23.1 Å². The van der Waals surface area contributed by atoms with Crippen molar-refractivity contribution >= 4 is 67.9 Å². The van der Waals surface area contributed by atoms with Gasteiger partial charge >= 0.3 is 0 Å². The van der Waals surface area contributed by atoms with Crippen LogP contribution in [0.5, 0.6) is 5.75 Å². The van der Waals surface area contributed by atoms with Crippen LogP contribution in [0.25, 0.3) is 16.3 Å². The monoisotopic (exact) mass is 685 g/mol. The van der Waals surface area contributed by atoms with E-state index in [1.807, 2.05) is 73.7 Å². The number of carbonyl (C=O) groups is 3. The lowest BCUT2D eigenvalue weighted by Gasteiger charge is -2.16. The summed E-state index contributed by atoms with van der Waals surface area (Å²) < 4.78 is 6.52. The van der Waals surface area contributed by atoms with Crippen molar-refractivity contribution in [2.75, 3.05) is 17.2 Å². The number of hydrogen-bond donors (Lipinski definition) is 3. The highest BCUT2D eigenvalue weighted by molar-refractivity contribution is 8.00. The summed E-state index contributed by atoms with van der Waals surface area (Å²) in [7, 11) is 0. The van der Waals surface area contributed by atoms with Gasteiger partial charge in [0.15, 0.2) is 5.13 Å². The lowest BCUT2D eigenvalue weighted by atomic mass is 10.1. The van der Waals surface area contributed by atoms with Gasteiger partial charge < -0.3 is 20.7 Å². The molecule has 244 valence electrons. The van der Waals surface area contributed by atoms with Crippen molar-refractivity contribution in [3.8, 4) is 5.75 Å². The molecule has 1 unspecified atom stereocenters. The van der Waals surface area contributed by atoms with Crippen LogP contribution in [0.3, 0.4) is 0 Å². The molecule has 1 atom stereocenters. The normalized spacial score (nSPS) is 11.8. The first kappa shape index (κ1) is 33.1.